The van der Waals surface area contributed by atoms with Crippen LogP contribution in [0.5, 0.6) is 0 Å². The van der Waals surface area contributed by atoms with Crippen LogP contribution in [0.2, 0.25) is 0 Å². The van der Waals surface area contributed by atoms with Gasteiger partial charge in [-0.15, -0.1) is 0 Å². The highest BCUT2D eigenvalue weighted by molar-refractivity contribution is 5.90. The third-order valence-corrected chi connectivity index (χ3v) is 2.59. The SMILES string of the molecule is C#COC(=O)c1ccc(Cc2ccccc2)cc1. The van der Waals surface area contributed by atoms with Gasteiger partial charge < -0.3 is 4.74 Å². The maximum Gasteiger partial charge on any atom is 0.352 e. The molecule has 0 aromatic heterocycles. The van der Waals surface area contributed by atoms with E-state index in [4.69, 9.17) is 6.42 Å². The lowest BCUT2D eigenvalue weighted by atomic mass is 10.0. The number of terminal acetylenes is 1. The van der Waals surface area contributed by atoms with Crippen molar-refractivity contribution in [3.8, 4) is 12.5 Å². The molecule has 0 bridgehead atoms. The minimum atomic E-state index is -0.497. The van der Waals surface area contributed by atoms with Gasteiger partial charge in [0.15, 0.2) is 0 Å². The molecule has 2 nitrogen and oxygen atoms in total. The predicted molar refractivity (Wildman–Crippen MR) is 69.9 cm³/mol. The van der Waals surface area contributed by atoms with Crippen LogP contribution in [0, 0.1) is 12.5 Å². The fourth-order valence-electron chi connectivity index (χ4n) is 1.70. The molecule has 0 radical (unpaired) electrons. The number of benzene rings is 2. The van der Waals surface area contributed by atoms with Crippen LogP contribution in [0.25, 0.3) is 0 Å². The molecule has 0 atom stereocenters. The van der Waals surface area contributed by atoms with Crippen LogP contribution < -0.4 is 0 Å². The number of hydrogen-bond donors (Lipinski definition) is 0. The van der Waals surface area contributed by atoms with Gasteiger partial charge in [-0.25, -0.2) is 4.79 Å². The summed E-state index contributed by atoms with van der Waals surface area (Å²) in [6.45, 7) is 0. The quantitative estimate of drug-likeness (QED) is 0.605. The van der Waals surface area contributed by atoms with Gasteiger partial charge in [-0.05, 0) is 29.7 Å². The first kappa shape index (κ1) is 11.9. The van der Waals surface area contributed by atoms with Crippen molar-refractivity contribution in [3.63, 3.8) is 0 Å². The molecule has 2 heteroatoms. The average Bonchev–Trinajstić information content (AvgIpc) is 2.41. The smallest absolute Gasteiger partial charge is 0.352 e. The summed E-state index contributed by atoms with van der Waals surface area (Å²) in [6, 6.07) is 17.4. The fraction of sp³-hybridized carbons (Fsp3) is 0.0625. The van der Waals surface area contributed by atoms with E-state index in [0.29, 0.717) is 5.56 Å². The predicted octanol–water partition coefficient (Wildman–Crippen LogP) is 3.02. The summed E-state index contributed by atoms with van der Waals surface area (Å²) in [4.78, 5) is 11.3. The summed E-state index contributed by atoms with van der Waals surface area (Å²) in [7, 11) is 0. The zero-order valence-corrected chi connectivity index (χ0v) is 9.80. The van der Waals surface area contributed by atoms with Crippen LogP contribution in [0.15, 0.2) is 54.6 Å². The minimum Gasteiger partial charge on any atom is -0.369 e. The lowest BCUT2D eigenvalue weighted by Crippen LogP contribution is -2.00. The number of ether oxygens (including phenoxy) is 1. The Kier molecular flexibility index (Phi) is 3.78. The van der Waals surface area contributed by atoms with Crippen molar-refractivity contribution in [3.05, 3.63) is 71.3 Å². The summed E-state index contributed by atoms with van der Waals surface area (Å²) in [6.07, 6.45) is 7.62. The Labute approximate surface area is 106 Å². The second kappa shape index (κ2) is 5.70. The zero-order valence-electron chi connectivity index (χ0n) is 9.80. The lowest BCUT2D eigenvalue weighted by molar-refractivity contribution is 0.0691. The molecule has 2 aromatic rings. The number of hydrogen-bond acceptors (Lipinski definition) is 2. The zero-order chi connectivity index (χ0) is 12.8. The topological polar surface area (TPSA) is 26.3 Å². The van der Waals surface area contributed by atoms with Crippen molar-refractivity contribution < 1.29 is 9.53 Å². The molecule has 0 N–H and O–H groups in total. The summed E-state index contributed by atoms with van der Waals surface area (Å²) >= 11 is 0. The minimum absolute atomic E-state index is 0.463. The Hall–Kier alpha value is -2.53. The number of carbonyl (C=O) groups excluding carboxylic acids is 1. The Bertz CT molecular complexity index is 562. The molecule has 0 spiro atoms. The van der Waals surface area contributed by atoms with Gasteiger partial charge in [-0.1, -0.05) is 48.9 Å². The normalized spacial score (nSPS) is 9.50. The summed E-state index contributed by atoms with van der Waals surface area (Å²) in [5, 5.41) is 0. The van der Waals surface area contributed by atoms with Crippen molar-refractivity contribution in [2.45, 2.75) is 6.42 Å². The van der Waals surface area contributed by atoms with Crippen molar-refractivity contribution in [2.24, 2.45) is 0 Å². The molecule has 0 aliphatic rings. The molecule has 0 saturated carbocycles. The van der Waals surface area contributed by atoms with Crippen molar-refractivity contribution >= 4 is 5.97 Å². The Morgan fingerprint density at radius 1 is 1.00 bits per heavy atom. The molecule has 2 rings (SSSR count). The molecule has 18 heavy (non-hydrogen) atoms. The average molecular weight is 236 g/mol. The fourth-order valence-corrected chi connectivity index (χ4v) is 1.70. The van der Waals surface area contributed by atoms with Gasteiger partial charge in [0.2, 0.25) is 0 Å². The van der Waals surface area contributed by atoms with Crippen molar-refractivity contribution in [1.29, 1.82) is 0 Å². The van der Waals surface area contributed by atoms with Gasteiger partial charge in [-0.2, -0.15) is 0 Å². The van der Waals surface area contributed by atoms with Gasteiger partial charge in [0.25, 0.3) is 0 Å². The van der Waals surface area contributed by atoms with E-state index < -0.39 is 5.97 Å². The van der Waals surface area contributed by atoms with E-state index in [1.54, 1.807) is 12.1 Å². The first-order valence-electron chi connectivity index (χ1n) is 5.59. The lowest BCUT2D eigenvalue weighted by Gasteiger charge is -2.03. The molecular weight excluding hydrogens is 224 g/mol. The van der Waals surface area contributed by atoms with Crippen molar-refractivity contribution in [1.82, 2.24) is 0 Å². The molecule has 88 valence electrons. The first-order chi connectivity index (χ1) is 8.79. The molecule has 2 aromatic carbocycles. The second-order valence-corrected chi connectivity index (χ2v) is 3.87. The monoisotopic (exact) mass is 236 g/mol. The van der Waals surface area contributed by atoms with Crippen LogP contribution in [-0.2, 0) is 11.2 Å². The van der Waals surface area contributed by atoms with E-state index in [-0.39, 0.29) is 0 Å². The third kappa shape index (κ3) is 2.99. The van der Waals surface area contributed by atoms with Gasteiger partial charge in [0, 0.05) is 0 Å². The van der Waals surface area contributed by atoms with E-state index in [0.717, 1.165) is 12.0 Å². The maximum atomic E-state index is 11.3. The number of rotatable bonds is 3. The van der Waals surface area contributed by atoms with E-state index >= 15 is 0 Å². The highest BCUT2D eigenvalue weighted by Gasteiger charge is 2.05. The van der Waals surface area contributed by atoms with Gasteiger partial charge in [0.1, 0.15) is 6.11 Å². The van der Waals surface area contributed by atoms with Gasteiger partial charge >= 0.3 is 5.97 Å². The van der Waals surface area contributed by atoms with Crippen LogP contribution >= 0.6 is 0 Å². The third-order valence-electron chi connectivity index (χ3n) is 2.59. The molecule has 0 unspecified atom stereocenters. The molecular formula is C16H12O2. The Morgan fingerprint density at radius 3 is 2.22 bits per heavy atom. The maximum absolute atomic E-state index is 11.3. The highest BCUT2D eigenvalue weighted by Crippen LogP contribution is 2.11. The Morgan fingerprint density at radius 2 is 1.61 bits per heavy atom. The second-order valence-electron chi connectivity index (χ2n) is 3.87. The largest absolute Gasteiger partial charge is 0.369 e. The van der Waals surface area contributed by atoms with Crippen LogP contribution in [0.4, 0.5) is 0 Å². The van der Waals surface area contributed by atoms with E-state index in [1.165, 1.54) is 5.56 Å². The highest BCUT2D eigenvalue weighted by atomic mass is 16.5. The van der Waals surface area contributed by atoms with E-state index in [2.05, 4.69) is 16.9 Å². The Balaban J connectivity index is 2.09. The molecule has 0 fully saturated rings. The molecule has 0 saturated heterocycles. The first-order valence-corrected chi connectivity index (χ1v) is 5.59. The summed E-state index contributed by atoms with van der Waals surface area (Å²) in [5.41, 5.74) is 2.83. The molecule has 0 aliphatic heterocycles. The van der Waals surface area contributed by atoms with Crippen LogP contribution in [0.3, 0.4) is 0 Å². The molecule has 0 heterocycles. The number of esters is 1. The summed E-state index contributed by atoms with van der Waals surface area (Å²) in [5.74, 6) is -0.497. The van der Waals surface area contributed by atoms with Crippen LogP contribution in [0.1, 0.15) is 21.5 Å². The van der Waals surface area contributed by atoms with E-state index in [9.17, 15) is 4.79 Å². The van der Waals surface area contributed by atoms with Crippen LogP contribution in [-0.4, -0.2) is 5.97 Å². The van der Waals surface area contributed by atoms with E-state index in [1.807, 2.05) is 36.4 Å². The summed E-state index contributed by atoms with van der Waals surface area (Å²) < 4.78 is 4.47. The molecule has 0 aliphatic carbocycles. The van der Waals surface area contributed by atoms with Gasteiger partial charge in [-0.3, -0.25) is 0 Å². The van der Waals surface area contributed by atoms with Crippen molar-refractivity contribution in [2.75, 3.05) is 0 Å². The molecule has 0 amide bonds. The number of carbonyl (C=O) groups is 1. The standard InChI is InChI=1S/C16H12O2/c1-2-18-16(17)15-10-8-14(9-11-15)12-13-6-4-3-5-7-13/h1,3-11H,12H2. The van der Waals surface area contributed by atoms with Gasteiger partial charge in [0.05, 0.1) is 5.56 Å².